The third-order valence-electron chi connectivity index (χ3n) is 3.08. The Morgan fingerprint density at radius 3 is 2.63 bits per heavy atom. The predicted molar refractivity (Wildman–Crippen MR) is 64.0 cm³/mol. The van der Waals surface area contributed by atoms with Crippen molar-refractivity contribution in [3.05, 3.63) is 50.1 Å². The zero-order valence-corrected chi connectivity index (χ0v) is 9.81. The number of rotatable bonds is 3. The second-order valence-corrected chi connectivity index (χ2v) is 4.29. The van der Waals surface area contributed by atoms with Crippen LogP contribution in [0.4, 0.5) is 5.69 Å². The smallest absolute Gasteiger partial charge is 0.269 e. The van der Waals surface area contributed by atoms with Crippen LogP contribution in [0.1, 0.15) is 24.4 Å². The van der Waals surface area contributed by atoms with E-state index in [4.69, 9.17) is 0 Å². The van der Waals surface area contributed by atoms with Gasteiger partial charge in [-0.2, -0.15) is 0 Å². The van der Waals surface area contributed by atoms with Crippen LogP contribution in [0, 0.1) is 20.2 Å². The second-order valence-electron chi connectivity index (χ2n) is 4.29. The largest absolute Gasteiger partial charge is 0.343 e. The lowest BCUT2D eigenvalue weighted by Crippen LogP contribution is -2.45. The number of carbonyl (C=O) groups excluding carboxylic acids is 1. The molecule has 19 heavy (non-hydrogen) atoms. The van der Waals surface area contributed by atoms with E-state index in [1.807, 2.05) is 0 Å². The van der Waals surface area contributed by atoms with Gasteiger partial charge in [0.25, 0.3) is 5.69 Å². The van der Waals surface area contributed by atoms with Crippen molar-refractivity contribution in [2.75, 3.05) is 0 Å². The number of benzene rings is 1. The summed E-state index contributed by atoms with van der Waals surface area (Å²) in [5.41, 5.74) is 0.225. The van der Waals surface area contributed by atoms with Gasteiger partial charge in [0, 0.05) is 29.9 Å². The highest BCUT2D eigenvalue weighted by molar-refractivity contribution is 5.77. The summed E-state index contributed by atoms with van der Waals surface area (Å²) in [4.78, 5) is 32.0. The molecule has 1 fully saturated rings. The van der Waals surface area contributed by atoms with Gasteiger partial charge in [-0.3, -0.25) is 25.0 Å². The van der Waals surface area contributed by atoms with Gasteiger partial charge < -0.3 is 5.32 Å². The Morgan fingerprint density at radius 1 is 1.26 bits per heavy atom. The first-order valence-corrected chi connectivity index (χ1v) is 5.66. The van der Waals surface area contributed by atoms with E-state index in [0.29, 0.717) is 5.56 Å². The maximum atomic E-state index is 11.4. The van der Waals surface area contributed by atoms with Crippen molar-refractivity contribution < 1.29 is 14.6 Å². The minimum atomic E-state index is -0.959. The fourth-order valence-corrected chi connectivity index (χ4v) is 2.15. The summed E-state index contributed by atoms with van der Waals surface area (Å²) in [5, 5.41) is 24.2. The maximum Gasteiger partial charge on any atom is 0.269 e. The topological polar surface area (TPSA) is 115 Å². The van der Waals surface area contributed by atoms with Gasteiger partial charge in [-0.25, -0.2) is 0 Å². The summed E-state index contributed by atoms with van der Waals surface area (Å²) >= 11 is 0. The van der Waals surface area contributed by atoms with Crippen LogP contribution < -0.4 is 5.32 Å². The van der Waals surface area contributed by atoms with Crippen LogP contribution in [0.3, 0.4) is 0 Å². The second kappa shape index (κ2) is 5.01. The van der Waals surface area contributed by atoms with E-state index in [-0.39, 0.29) is 24.4 Å². The van der Waals surface area contributed by atoms with Crippen LogP contribution in [-0.4, -0.2) is 21.8 Å². The lowest BCUT2D eigenvalue weighted by Gasteiger charge is -2.26. The Morgan fingerprint density at radius 2 is 2.00 bits per heavy atom. The molecule has 1 amide bonds. The number of carbonyl (C=O) groups is 1. The highest BCUT2D eigenvalue weighted by Gasteiger charge is 2.38. The Hall–Kier alpha value is -2.51. The molecule has 0 bridgehead atoms. The van der Waals surface area contributed by atoms with Crippen LogP contribution in [0.15, 0.2) is 24.3 Å². The van der Waals surface area contributed by atoms with Crippen molar-refractivity contribution in [2.45, 2.75) is 24.9 Å². The van der Waals surface area contributed by atoms with Crippen LogP contribution >= 0.6 is 0 Å². The molecule has 0 spiro atoms. The number of piperidine rings is 1. The zero-order chi connectivity index (χ0) is 14.0. The number of amides is 1. The molecule has 2 atom stereocenters. The van der Waals surface area contributed by atoms with E-state index in [9.17, 15) is 25.0 Å². The van der Waals surface area contributed by atoms with Gasteiger partial charge in [0.05, 0.1) is 4.92 Å². The van der Waals surface area contributed by atoms with Gasteiger partial charge >= 0.3 is 0 Å². The van der Waals surface area contributed by atoms with Crippen molar-refractivity contribution in [2.24, 2.45) is 0 Å². The van der Waals surface area contributed by atoms with Crippen molar-refractivity contribution in [3.63, 3.8) is 0 Å². The van der Waals surface area contributed by atoms with Crippen molar-refractivity contribution in [1.82, 2.24) is 5.32 Å². The Bertz CT molecular complexity index is 545. The fourth-order valence-electron chi connectivity index (χ4n) is 2.15. The number of hydrogen-bond acceptors (Lipinski definition) is 5. The Labute approximate surface area is 107 Å². The Kier molecular flexibility index (Phi) is 3.41. The average Bonchev–Trinajstić information content (AvgIpc) is 2.38. The molecule has 0 radical (unpaired) electrons. The number of hydrogen-bond donors (Lipinski definition) is 1. The lowest BCUT2D eigenvalue weighted by atomic mass is 9.92. The molecule has 1 heterocycles. The van der Waals surface area contributed by atoms with E-state index in [1.165, 1.54) is 18.2 Å². The van der Waals surface area contributed by atoms with Crippen LogP contribution in [0.25, 0.3) is 0 Å². The minimum Gasteiger partial charge on any atom is -0.343 e. The van der Waals surface area contributed by atoms with Gasteiger partial charge in [0.1, 0.15) is 6.04 Å². The molecule has 0 unspecified atom stereocenters. The SMILES string of the molecule is O=C1CC[C@@H]([N+](=O)[O-])[C@@H](c2cccc([N+](=O)[O-])c2)N1. The Balaban J connectivity index is 2.36. The van der Waals surface area contributed by atoms with E-state index in [2.05, 4.69) is 5.32 Å². The summed E-state index contributed by atoms with van der Waals surface area (Å²) in [5.74, 6) is -0.283. The molecule has 1 aromatic carbocycles. The van der Waals surface area contributed by atoms with Gasteiger partial charge in [-0.15, -0.1) is 0 Å². The molecule has 1 aliphatic heterocycles. The molecule has 100 valence electrons. The summed E-state index contributed by atoms with van der Waals surface area (Å²) in [6, 6.07) is 3.77. The van der Waals surface area contributed by atoms with Crippen LogP contribution in [-0.2, 0) is 4.79 Å². The van der Waals surface area contributed by atoms with Crippen molar-refractivity contribution >= 4 is 11.6 Å². The number of nitrogens with one attached hydrogen (secondary N) is 1. The normalized spacial score (nSPS) is 22.6. The molecule has 1 saturated heterocycles. The van der Waals surface area contributed by atoms with Crippen LogP contribution in [0.2, 0.25) is 0 Å². The van der Waals surface area contributed by atoms with Crippen molar-refractivity contribution in [1.29, 1.82) is 0 Å². The van der Waals surface area contributed by atoms with E-state index >= 15 is 0 Å². The zero-order valence-electron chi connectivity index (χ0n) is 9.81. The van der Waals surface area contributed by atoms with Crippen LogP contribution in [0.5, 0.6) is 0 Å². The monoisotopic (exact) mass is 265 g/mol. The molecule has 2 rings (SSSR count). The first-order valence-electron chi connectivity index (χ1n) is 5.66. The fraction of sp³-hybridized carbons (Fsp3) is 0.364. The van der Waals surface area contributed by atoms with Gasteiger partial charge in [0.2, 0.25) is 11.9 Å². The highest BCUT2D eigenvalue weighted by Crippen LogP contribution is 2.28. The third-order valence-corrected chi connectivity index (χ3v) is 3.08. The summed E-state index contributed by atoms with van der Waals surface area (Å²) in [7, 11) is 0. The predicted octanol–water partition coefficient (Wildman–Crippen LogP) is 1.19. The van der Waals surface area contributed by atoms with Gasteiger partial charge in [0.15, 0.2) is 0 Å². The minimum absolute atomic E-state index is 0.0943. The molecule has 0 aliphatic carbocycles. The first kappa shape index (κ1) is 12.9. The number of nitrogens with zero attached hydrogens (tertiary/aromatic N) is 2. The molecule has 8 heteroatoms. The molecule has 0 saturated carbocycles. The standard InChI is InChI=1S/C11H11N3O5/c15-10-5-4-9(14(18)19)11(12-10)7-2-1-3-8(6-7)13(16)17/h1-3,6,9,11H,4-5H2,(H,12,15)/t9-,11-/m1/s1. The molecular weight excluding hydrogens is 254 g/mol. The van der Waals surface area contributed by atoms with E-state index in [1.54, 1.807) is 6.07 Å². The number of nitro groups is 2. The highest BCUT2D eigenvalue weighted by atomic mass is 16.6. The third kappa shape index (κ3) is 2.67. The molecule has 1 aliphatic rings. The molecule has 1 N–H and O–H groups in total. The first-order chi connectivity index (χ1) is 8.99. The quantitative estimate of drug-likeness (QED) is 0.651. The molecule has 0 aromatic heterocycles. The maximum absolute atomic E-state index is 11.4. The van der Waals surface area contributed by atoms with E-state index in [0.717, 1.165) is 0 Å². The molecular formula is C11H11N3O5. The molecule has 8 nitrogen and oxygen atoms in total. The van der Waals surface area contributed by atoms with Gasteiger partial charge in [-0.05, 0) is 5.56 Å². The lowest BCUT2D eigenvalue weighted by molar-refractivity contribution is -0.529. The van der Waals surface area contributed by atoms with Crippen molar-refractivity contribution in [3.8, 4) is 0 Å². The number of nitro benzene ring substituents is 1. The summed E-state index contributed by atoms with van der Waals surface area (Å²) in [6.45, 7) is 0. The average molecular weight is 265 g/mol. The summed E-state index contributed by atoms with van der Waals surface area (Å²) in [6.07, 6.45) is 0.225. The molecule has 1 aromatic rings. The van der Waals surface area contributed by atoms with E-state index < -0.39 is 21.9 Å². The number of non-ortho nitro benzene ring substituents is 1. The van der Waals surface area contributed by atoms with Gasteiger partial charge in [-0.1, -0.05) is 12.1 Å². The summed E-state index contributed by atoms with van der Waals surface area (Å²) < 4.78 is 0.